The molecule has 0 spiro atoms. The van der Waals surface area contributed by atoms with Crippen LogP contribution in [0.15, 0.2) is 18.2 Å². The summed E-state index contributed by atoms with van der Waals surface area (Å²) in [6, 6.07) is 5.10. The van der Waals surface area contributed by atoms with Gasteiger partial charge in [0.05, 0.1) is 0 Å². The van der Waals surface area contributed by atoms with Gasteiger partial charge in [0.15, 0.2) is 0 Å². The van der Waals surface area contributed by atoms with Crippen molar-refractivity contribution in [1.82, 2.24) is 0 Å². The molecular formula is C13H16FNO. The van der Waals surface area contributed by atoms with Gasteiger partial charge in [-0.25, -0.2) is 4.39 Å². The van der Waals surface area contributed by atoms with Gasteiger partial charge in [0, 0.05) is 24.6 Å². The highest BCUT2D eigenvalue weighted by Gasteiger charge is 2.18. The number of anilines is 1. The van der Waals surface area contributed by atoms with E-state index in [1.807, 2.05) is 6.92 Å². The van der Waals surface area contributed by atoms with E-state index < -0.39 is 0 Å². The van der Waals surface area contributed by atoms with Gasteiger partial charge in [-0.2, -0.15) is 0 Å². The van der Waals surface area contributed by atoms with E-state index in [0.717, 1.165) is 24.1 Å². The molecule has 0 heterocycles. The van der Waals surface area contributed by atoms with E-state index >= 15 is 0 Å². The number of hydrogen-bond donors (Lipinski definition) is 1. The van der Waals surface area contributed by atoms with E-state index in [2.05, 4.69) is 5.32 Å². The van der Waals surface area contributed by atoms with E-state index in [0.29, 0.717) is 24.7 Å². The molecular weight excluding hydrogens is 205 g/mol. The van der Waals surface area contributed by atoms with Crippen molar-refractivity contribution in [2.75, 3.05) is 5.32 Å². The minimum Gasteiger partial charge on any atom is -0.382 e. The van der Waals surface area contributed by atoms with Crippen LogP contribution < -0.4 is 5.32 Å². The highest BCUT2D eigenvalue weighted by Crippen LogP contribution is 2.22. The maximum Gasteiger partial charge on any atom is 0.133 e. The molecule has 1 aromatic rings. The number of carbonyl (C=O) groups excluding carboxylic acids is 1. The van der Waals surface area contributed by atoms with E-state index in [1.54, 1.807) is 6.07 Å². The molecule has 1 saturated carbocycles. The Hall–Kier alpha value is -1.38. The van der Waals surface area contributed by atoms with Gasteiger partial charge < -0.3 is 5.32 Å². The van der Waals surface area contributed by atoms with Gasteiger partial charge in [0.2, 0.25) is 0 Å². The Morgan fingerprint density at radius 2 is 2.00 bits per heavy atom. The minimum atomic E-state index is -0.207. The van der Waals surface area contributed by atoms with Crippen LogP contribution in [0, 0.1) is 12.7 Å². The molecule has 3 heteroatoms. The molecule has 0 atom stereocenters. The van der Waals surface area contributed by atoms with Crippen molar-refractivity contribution in [3.05, 3.63) is 29.6 Å². The van der Waals surface area contributed by atoms with Crippen LogP contribution in [0.4, 0.5) is 10.1 Å². The standard InChI is InChI=1S/C13H16FNO/c1-9-8-10(14)2-7-13(9)15-11-3-5-12(16)6-4-11/h2,7-8,11,15H,3-6H2,1H3. The summed E-state index contributed by atoms with van der Waals surface area (Å²) in [5.41, 5.74) is 1.89. The molecule has 1 fully saturated rings. The third-order valence-electron chi connectivity index (χ3n) is 3.09. The topological polar surface area (TPSA) is 29.1 Å². The second kappa shape index (κ2) is 4.64. The van der Waals surface area contributed by atoms with Crippen LogP contribution in [0.1, 0.15) is 31.2 Å². The molecule has 16 heavy (non-hydrogen) atoms. The highest BCUT2D eigenvalue weighted by atomic mass is 19.1. The normalized spacial score (nSPS) is 17.5. The molecule has 1 N–H and O–H groups in total. The number of halogens is 1. The molecule has 1 aromatic carbocycles. The zero-order valence-electron chi connectivity index (χ0n) is 9.42. The molecule has 0 saturated heterocycles. The van der Waals surface area contributed by atoms with Crippen molar-refractivity contribution < 1.29 is 9.18 Å². The molecule has 0 amide bonds. The number of rotatable bonds is 2. The Morgan fingerprint density at radius 3 is 2.62 bits per heavy atom. The van der Waals surface area contributed by atoms with Gasteiger partial charge in [-0.1, -0.05) is 0 Å². The first-order valence-electron chi connectivity index (χ1n) is 5.69. The average Bonchev–Trinajstić information content (AvgIpc) is 2.25. The first-order chi connectivity index (χ1) is 7.65. The molecule has 2 nitrogen and oxygen atoms in total. The third-order valence-corrected chi connectivity index (χ3v) is 3.09. The number of ketones is 1. The Bertz CT molecular complexity index is 393. The SMILES string of the molecule is Cc1cc(F)ccc1NC1CCC(=O)CC1. The van der Waals surface area contributed by atoms with Crippen molar-refractivity contribution >= 4 is 11.5 Å². The van der Waals surface area contributed by atoms with Gasteiger partial charge in [0.1, 0.15) is 11.6 Å². The van der Waals surface area contributed by atoms with Crippen LogP contribution in [-0.2, 0) is 4.79 Å². The predicted molar refractivity (Wildman–Crippen MR) is 62.0 cm³/mol. The lowest BCUT2D eigenvalue weighted by Gasteiger charge is -2.24. The van der Waals surface area contributed by atoms with E-state index in [9.17, 15) is 9.18 Å². The molecule has 86 valence electrons. The zero-order chi connectivity index (χ0) is 11.5. The molecule has 0 radical (unpaired) electrons. The van der Waals surface area contributed by atoms with Crippen LogP contribution >= 0.6 is 0 Å². The van der Waals surface area contributed by atoms with Crippen molar-refractivity contribution in [2.45, 2.75) is 38.6 Å². The first-order valence-corrected chi connectivity index (χ1v) is 5.69. The van der Waals surface area contributed by atoms with E-state index in [1.165, 1.54) is 12.1 Å². The van der Waals surface area contributed by atoms with Crippen LogP contribution in [0.2, 0.25) is 0 Å². The molecule has 1 aliphatic rings. The summed E-state index contributed by atoms with van der Waals surface area (Å²) in [6.07, 6.45) is 3.10. The second-order valence-corrected chi connectivity index (χ2v) is 4.42. The van der Waals surface area contributed by atoms with Gasteiger partial charge in [-0.05, 0) is 43.5 Å². The van der Waals surface area contributed by atoms with E-state index in [-0.39, 0.29) is 5.82 Å². The maximum atomic E-state index is 12.9. The fourth-order valence-corrected chi connectivity index (χ4v) is 2.09. The van der Waals surface area contributed by atoms with Crippen LogP contribution in [0.3, 0.4) is 0 Å². The fourth-order valence-electron chi connectivity index (χ4n) is 2.09. The first kappa shape index (κ1) is 11.1. The Kier molecular flexibility index (Phi) is 3.22. The summed E-state index contributed by atoms with van der Waals surface area (Å²) in [4.78, 5) is 11.1. The maximum absolute atomic E-state index is 12.9. The summed E-state index contributed by atoms with van der Waals surface area (Å²) in [5.74, 6) is 0.149. The largest absolute Gasteiger partial charge is 0.382 e. The molecule has 0 aliphatic heterocycles. The van der Waals surface area contributed by atoms with Crippen LogP contribution in [0.25, 0.3) is 0 Å². The minimum absolute atomic E-state index is 0.207. The van der Waals surface area contributed by atoms with Crippen molar-refractivity contribution in [3.8, 4) is 0 Å². The monoisotopic (exact) mass is 221 g/mol. The molecule has 1 aliphatic carbocycles. The van der Waals surface area contributed by atoms with E-state index in [4.69, 9.17) is 0 Å². The molecule has 0 unspecified atom stereocenters. The Morgan fingerprint density at radius 1 is 1.31 bits per heavy atom. The molecule has 0 bridgehead atoms. The summed E-state index contributed by atoms with van der Waals surface area (Å²) >= 11 is 0. The van der Waals surface area contributed by atoms with Gasteiger partial charge in [-0.15, -0.1) is 0 Å². The quantitative estimate of drug-likeness (QED) is 0.831. The Labute approximate surface area is 94.9 Å². The van der Waals surface area contributed by atoms with Gasteiger partial charge >= 0.3 is 0 Å². The van der Waals surface area contributed by atoms with Gasteiger partial charge in [-0.3, -0.25) is 4.79 Å². The second-order valence-electron chi connectivity index (χ2n) is 4.42. The van der Waals surface area contributed by atoms with Crippen molar-refractivity contribution in [1.29, 1.82) is 0 Å². The van der Waals surface area contributed by atoms with Crippen LogP contribution in [0.5, 0.6) is 0 Å². The Balaban J connectivity index is 2.01. The molecule has 0 aromatic heterocycles. The predicted octanol–water partition coefficient (Wildman–Crippen LogP) is 3.06. The zero-order valence-corrected chi connectivity index (χ0v) is 9.42. The smallest absolute Gasteiger partial charge is 0.133 e. The van der Waals surface area contributed by atoms with Crippen molar-refractivity contribution in [2.24, 2.45) is 0 Å². The average molecular weight is 221 g/mol. The lowest BCUT2D eigenvalue weighted by Crippen LogP contribution is -2.26. The number of hydrogen-bond acceptors (Lipinski definition) is 2. The lowest BCUT2D eigenvalue weighted by atomic mass is 9.94. The lowest BCUT2D eigenvalue weighted by molar-refractivity contribution is -0.120. The summed E-state index contributed by atoms with van der Waals surface area (Å²) in [5, 5.41) is 3.38. The van der Waals surface area contributed by atoms with Crippen molar-refractivity contribution in [3.63, 3.8) is 0 Å². The molecule has 2 rings (SSSR count). The number of benzene rings is 1. The number of Topliss-reactive ketones (excluding diaryl/α,β-unsaturated/α-hetero) is 1. The van der Waals surface area contributed by atoms with Gasteiger partial charge in [0.25, 0.3) is 0 Å². The number of aryl methyl sites for hydroxylation is 1. The van der Waals surface area contributed by atoms with Crippen LogP contribution in [-0.4, -0.2) is 11.8 Å². The highest BCUT2D eigenvalue weighted by molar-refractivity contribution is 5.79. The third kappa shape index (κ3) is 2.60. The fraction of sp³-hybridized carbons (Fsp3) is 0.462. The number of carbonyl (C=O) groups is 1. The summed E-state index contributed by atoms with van der Waals surface area (Å²) < 4.78 is 12.9. The summed E-state index contributed by atoms with van der Waals surface area (Å²) in [7, 11) is 0. The number of nitrogens with one attached hydrogen (secondary N) is 1. The summed E-state index contributed by atoms with van der Waals surface area (Å²) in [6.45, 7) is 1.89.